The maximum Gasteiger partial charge on any atom is 0.339 e. The van der Waals surface area contributed by atoms with Crippen LogP contribution in [0.5, 0.6) is 0 Å². The lowest BCUT2D eigenvalue weighted by Gasteiger charge is -2.19. The van der Waals surface area contributed by atoms with Gasteiger partial charge in [0.2, 0.25) is 0 Å². The fourth-order valence-corrected chi connectivity index (χ4v) is 3.27. The minimum atomic E-state index is -0.780. The van der Waals surface area contributed by atoms with Crippen molar-refractivity contribution in [1.29, 1.82) is 5.26 Å². The number of nitrogens with zero attached hydrogens (tertiary/aromatic N) is 2. The number of aryl methyl sites for hydroxylation is 2. The molecular formula is C26H22N2O4. The number of para-hydroxylation sites is 1. The van der Waals surface area contributed by atoms with Crippen LogP contribution in [-0.2, 0) is 9.53 Å². The van der Waals surface area contributed by atoms with Gasteiger partial charge in [0, 0.05) is 16.8 Å². The van der Waals surface area contributed by atoms with E-state index in [2.05, 4.69) is 0 Å². The lowest BCUT2D eigenvalue weighted by molar-refractivity contribution is -0.121. The second kappa shape index (κ2) is 10.2. The number of amides is 1. The molecule has 0 bridgehead atoms. The van der Waals surface area contributed by atoms with Gasteiger partial charge in [0.05, 0.1) is 11.6 Å². The van der Waals surface area contributed by atoms with E-state index in [1.807, 2.05) is 32.0 Å². The van der Waals surface area contributed by atoms with Crippen molar-refractivity contribution in [2.24, 2.45) is 0 Å². The monoisotopic (exact) mass is 426 g/mol. The van der Waals surface area contributed by atoms with Crippen LogP contribution in [0.1, 0.15) is 37.4 Å². The summed E-state index contributed by atoms with van der Waals surface area (Å²) >= 11 is 0. The summed E-state index contributed by atoms with van der Waals surface area (Å²) in [5.74, 6) is -1.61. The molecular weight excluding hydrogens is 404 g/mol. The van der Waals surface area contributed by atoms with Crippen LogP contribution in [0.25, 0.3) is 0 Å². The Kier molecular flexibility index (Phi) is 7.14. The highest BCUT2D eigenvalue weighted by atomic mass is 16.5. The second-order valence-electron chi connectivity index (χ2n) is 7.24. The van der Waals surface area contributed by atoms with E-state index in [1.165, 1.54) is 11.0 Å². The van der Waals surface area contributed by atoms with Gasteiger partial charge in [-0.05, 0) is 43.7 Å². The van der Waals surface area contributed by atoms with Gasteiger partial charge in [-0.2, -0.15) is 5.26 Å². The van der Waals surface area contributed by atoms with Gasteiger partial charge in [-0.1, -0.05) is 54.1 Å². The van der Waals surface area contributed by atoms with E-state index in [0.717, 1.165) is 11.1 Å². The van der Waals surface area contributed by atoms with Crippen molar-refractivity contribution >= 4 is 23.3 Å². The maximum absolute atomic E-state index is 13.1. The highest BCUT2D eigenvalue weighted by Crippen LogP contribution is 2.20. The molecule has 0 radical (unpaired) electrons. The van der Waals surface area contributed by atoms with E-state index < -0.39 is 18.5 Å². The van der Waals surface area contributed by atoms with Crippen molar-refractivity contribution < 1.29 is 19.1 Å². The van der Waals surface area contributed by atoms with Gasteiger partial charge in [0.1, 0.15) is 6.54 Å². The lowest BCUT2D eigenvalue weighted by Crippen LogP contribution is -2.35. The molecule has 0 saturated carbocycles. The first kappa shape index (κ1) is 22.4. The summed E-state index contributed by atoms with van der Waals surface area (Å²) < 4.78 is 5.23. The Balaban J connectivity index is 1.79. The first-order chi connectivity index (χ1) is 15.4. The largest absolute Gasteiger partial charge is 0.452 e. The first-order valence-electron chi connectivity index (χ1n) is 10.0. The average Bonchev–Trinajstić information content (AvgIpc) is 2.82. The normalized spacial score (nSPS) is 10.2. The van der Waals surface area contributed by atoms with E-state index in [-0.39, 0.29) is 23.5 Å². The zero-order valence-corrected chi connectivity index (χ0v) is 17.9. The Morgan fingerprint density at radius 3 is 2.22 bits per heavy atom. The predicted octanol–water partition coefficient (Wildman–Crippen LogP) is 4.25. The smallest absolute Gasteiger partial charge is 0.339 e. The van der Waals surface area contributed by atoms with Gasteiger partial charge in [0.15, 0.2) is 12.4 Å². The molecule has 160 valence electrons. The number of rotatable bonds is 7. The number of carbonyl (C=O) groups is 3. The topological polar surface area (TPSA) is 87.5 Å². The Hall–Kier alpha value is -4.24. The molecule has 0 unspecified atom stereocenters. The number of carbonyl (C=O) groups excluding carboxylic acids is 3. The fourth-order valence-electron chi connectivity index (χ4n) is 3.27. The quantitative estimate of drug-likeness (QED) is 0.320. The van der Waals surface area contributed by atoms with Crippen LogP contribution in [0.15, 0.2) is 72.8 Å². The molecule has 0 aliphatic carbocycles. The third-order valence-corrected chi connectivity index (χ3v) is 4.95. The van der Waals surface area contributed by atoms with Crippen molar-refractivity contribution in [3.63, 3.8) is 0 Å². The summed E-state index contributed by atoms with van der Waals surface area (Å²) in [6, 6.07) is 22.5. The molecule has 0 atom stereocenters. The Labute approximate surface area is 186 Å². The standard InChI is InChI=1S/C26H22N2O4/c1-18-12-13-19(2)23(16-18)25(30)21-10-6-7-11-22(21)26(31)32-17-24(29)28(15-14-27)20-8-4-3-5-9-20/h3-13,16H,15,17H2,1-2H3. The van der Waals surface area contributed by atoms with Crippen LogP contribution < -0.4 is 4.90 Å². The number of ketones is 1. The number of hydrogen-bond donors (Lipinski definition) is 0. The summed E-state index contributed by atoms with van der Waals surface area (Å²) in [5, 5.41) is 9.06. The zero-order valence-electron chi connectivity index (χ0n) is 17.9. The van der Waals surface area contributed by atoms with Crippen molar-refractivity contribution in [2.45, 2.75) is 13.8 Å². The predicted molar refractivity (Wildman–Crippen MR) is 120 cm³/mol. The Morgan fingerprint density at radius 1 is 0.875 bits per heavy atom. The highest BCUT2D eigenvalue weighted by molar-refractivity contribution is 6.15. The summed E-state index contributed by atoms with van der Waals surface area (Å²) in [5.41, 5.74) is 3.05. The van der Waals surface area contributed by atoms with Crippen molar-refractivity contribution in [1.82, 2.24) is 0 Å². The Bertz CT molecular complexity index is 1200. The summed E-state index contributed by atoms with van der Waals surface area (Å²) in [6.07, 6.45) is 0. The number of hydrogen-bond acceptors (Lipinski definition) is 5. The van der Waals surface area contributed by atoms with Crippen molar-refractivity contribution in [2.75, 3.05) is 18.1 Å². The number of benzene rings is 3. The molecule has 0 aliphatic rings. The van der Waals surface area contributed by atoms with E-state index in [4.69, 9.17) is 10.00 Å². The molecule has 6 heteroatoms. The number of esters is 1. The van der Waals surface area contributed by atoms with Crippen molar-refractivity contribution in [3.05, 3.63) is 101 Å². The van der Waals surface area contributed by atoms with Gasteiger partial charge in [-0.25, -0.2) is 4.79 Å². The van der Waals surface area contributed by atoms with Gasteiger partial charge in [-0.3, -0.25) is 14.5 Å². The maximum atomic E-state index is 13.1. The molecule has 3 aromatic rings. The summed E-state index contributed by atoms with van der Waals surface area (Å²) in [7, 11) is 0. The number of nitriles is 1. The zero-order chi connectivity index (χ0) is 23.1. The molecule has 0 fully saturated rings. The molecule has 6 nitrogen and oxygen atoms in total. The number of ether oxygens (including phenoxy) is 1. The molecule has 0 spiro atoms. The minimum Gasteiger partial charge on any atom is -0.452 e. The minimum absolute atomic E-state index is 0.0813. The number of anilines is 1. The molecule has 0 saturated heterocycles. The van der Waals surface area contributed by atoms with Crippen LogP contribution in [0.2, 0.25) is 0 Å². The van der Waals surface area contributed by atoms with Crippen LogP contribution >= 0.6 is 0 Å². The molecule has 1 amide bonds. The molecule has 3 aromatic carbocycles. The molecule has 3 rings (SSSR count). The third-order valence-electron chi connectivity index (χ3n) is 4.95. The van der Waals surface area contributed by atoms with Gasteiger partial charge >= 0.3 is 5.97 Å². The fraction of sp³-hybridized carbons (Fsp3) is 0.154. The average molecular weight is 426 g/mol. The van der Waals surface area contributed by atoms with Crippen LogP contribution in [0.4, 0.5) is 5.69 Å². The first-order valence-corrected chi connectivity index (χ1v) is 10.0. The third kappa shape index (κ3) is 5.08. The molecule has 0 aliphatic heterocycles. The lowest BCUT2D eigenvalue weighted by atomic mass is 9.94. The van der Waals surface area contributed by atoms with Crippen LogP contribution in [-0.4, -0.2) is 30.8 Å². The van der Waals surface area contributed by atoms with E-state index in [9.17, 15) is 14.4 Å². The molecule has 0 N–H and O–H groups in total. The summed E-state index contributed by atoms with van der Waals surface area (Å²) in [4.78, 5) is 39.8. The van der Waals surface area contributed by atoms with Gasteiger partial charge in [-0.15, -0.1) is 0 Å². The highest BCUT2D eigenvalue weighted by Gasteiger charge is 2.22. The van der Waals surface area contributed by atoms with E-state index >= 15 is 0 Å². The van der Waals surface area contributed by atoms with Crippen molar-refractivity contribution in [3.8, 4) is 6.07 Å². The summed E-state index contributed by atoms with van der Waals surface area (Å²) in [6.45, 7) is 2.99. The second-order valence-corrected chi connectivity index (χ2v) is 7.24. The van der Waals surface area contributed by atoms with E-state index in [1.54, 1.807) is 54.6 Å². The molecule has 32 heavy (non-hydrogen) atoms. The Morgan fingerprint density at radius 2 is 1.53 bits per heavy atom. The molecule has 0 heterocycles. The van der Waals surface area contributed by atoms with Crippen LogP contribution in [0.3, 0.4) is 0 Å². The van der Waals surface area contributed by atoms with Gasteiger partial charge in [0.25, 0.3) is 5.91 Å². The SMILES string of the molecule is Cc1ccc(C)c(C(=O)c2ccccc2C(=O)OCC(=O)N(CC#N)c2ccccc2)c1. The van der Waals surface area contributed by atoms with Gasteiger partial charge < -0.3 is 4.74 Å². The molecule has 0 aromatic heterocycles. The van der Waals surface area contributed by atoms with E-state index in [0.29, 0.717) is 11.3 Å². The van der Waals surface area contributed by atoms with Crippen LogP contribution in [0, 0.1) is 25.2 Å².